The fourth-order valence-electron chi connectivity index (χ4n) is 3.18. The topological polar surface area (TPSA) is 42.7 Å². The van der Waals surface area contributed by atoms with E-state index in [0.717, 1.165) is 12.8 Å². The third kappa shape index (κ3) is 2.53. The molecule has 1 fully saturated rings. The smallest absolute Gasteiger partial charge is 0.115 e. The summed E-state index contributed by atoms with van der Waals surface area (Å²) in [5.74, 6) is 0. The molecule has 0 saturated heterocycles. The van der Waals surface area contributed by atoms with Gasteiger partial charge < -0.3 is 5.32 Å². The van der Waals surface area contributed by atoms with Gasteiger partial charge in [-0.25, -0.2) is 4.98 Å². The van der Waals surface area contributed by atoms with Gasteiger partial charge in [0.1, 0.15) is 5.01 Å². The second-order valence-corrected chi connectivity index (χ2v) is 7.32. The van der Waals surface area contributed by atoms with Gasteiger partial charge >= 0.3 is 0 Å². The van der Waals surface area contributed by atoms with Crippen molar-refractivity contribution in [2.75, 3.05) is 0 Å². The predicted molar refractivity (Wildman–Crippen MR) is 84.7 cm³/mol. The number of nitrogens with zero attached hydrogens (tertiary/aromatic N) is 3. The van der Waals surface area contributed by atoms with Crippen LogP contribution in [0.4, 0.5) is 0 Å². The van der Waals surface area contributed by atoms with Crippen LogP contribution in [0.2, 0.25) is 0 Å². The number of thiazole rings is 1. The summed E-state index contributed by atoms with van der Waals surface area (Å²) in [4.78, 5) is 6.46. The number of nitrogens with one attached hydrogen (secondary N) is 1. The van der Waals surface area contributed by atoms with Crippen LogP contribution in [-0.2, 0) is 26.3 Å². The first-order valence-electron chi connectivity index (χ1n) is 8.01. The Hall–Kier alpha value is -1.20. The Morgan fingerprint density at radius 2 is 2.29 bits per heavy atom. The summed E-state index contributed by atoms with van der Waals surface area (Å²) < 4.78 is 1.94. The van der Waals surface area contributed by atoms with E-state index in [9.17, 15) is 0 Å². The summed E-state index contributed by atoms with van der Waals surface area (Å²) in [6, 6.07) is 0.899. The first-order valence-corrected chi connectivity index (χ1v) is 8.83. The van der Waals surface area contributed by atoms with Crippen LogP contribution in [0.5, 0.6) is 0 Å². The fourth-order valence-corrected chi connectivity index (χ4v) is 4.42. The first kappa shape index (κ1) is 13.5. The lowest BCUT2D eigenvalue weighted by molar-refractivity contribution is 0.592. The zero-order chi connectivity index (χ0) is 14.4. The fraction of sp³-hybridized carbons (Fsp3) is 0.625. The maximum absolute atomic E-state index is 4.95. The van der Waals surface area contributed by atoms with Gasteiger partial charge in [0, 0.05) is 29.7 Å². The Bertz CT molecular complexity index is 632. The average Bonchev–Trinajstić information content (AvgIpc) is 2.86. The van der Waals surface area contributed by atoms with E-state index in [4.69, 9.17) is 4.98 Å². The maximum atomic E-state index is 4.95. The SMILES string of the molecule is CCc1nn(C)cc1C(NC1CC1)c1nc2c(s1)CCC2. The lowest BCUT2D eigenvalue weighted by Crippen LogP contribution is -2.25. The van der Waals surface area contributed by atoms with E-state index in [1.807, 2.05) is 23.1 Å². The molecule has 1 saturated carbocycles. The highest BCUT2D eigenvalue weighted by Gasteiger charge is 2.31. The second-order valence-electron chi connectivity index (χ2n) is 6.21. The average molecular weight is 302 g/mol. The molecular formula is C16H22N4S. The van der Waals surface area contributed by atoms with Crippen molar-refractivity contribution < 1.29 is 0 Å². The molecule has 0 radical (unpaired) electrons. The molecule has 2 heterocycles. The third-order valence-electron chi connectivity index (χ3n) is 4.42. The highest BCUT2D eigenvalue weighted by Crippen LogP contribution is 2.36. The molecule has 2 aromatic rings. The van der Waals surface area contributed by atoms with Crippen molar-refractivity contribution in [2.24, 2.45) is 7.05 Å². The molecule has 5 heteroatoms. The molecule has 2 aromatic heterocycles. The number of rotatable bonds is 5. The third-order valence-corrected chi connectivity index (χ3v) is 5.64. The van der Waals surface area contributed by atoms with Gasteiger partial charge in [-0.05, 0) is 38.5 Å². The predicted octanol–water partition coefficient (Wildman–Crippen LogP) is 2.77. The van der Waals surface area contributed by atoms with Crippen molar-refractivity contribution in [1.82, 2.24) is 20.1 Å². The van der Waals surface area contributed by atoms with Crippen LogP contribution >= 0.6 is 11.3 Å². The van der Waals surface area contributed by atoms with E-state index in [1.165, 1.54) is 52.5 Å². The standard InChI is InChI=1S/C16H22N4S/c1-3-12-11(9-20(2)19-12)15(17-10-7-8-10)16-18-13-5-4-6-14(13)21-16/h9-10,15,17H,3-8H2,1-2H3. The van der Waals surface area contributed by atoms with E-state index in [-0.39, 0.29) is 6.04 Å². The van der Waals surface area contributed by atoms with Crippen LogP contribution in [0, 0.1) is 0 Å². The highest BCUT2D eigenvalue weighted by atomic mass is 32.1. The second kappa shape index (κ2) is 5.21. The molecule has 112 valence electrons. The molecule has 1 unspecified atom stereocenters. The van der Waals surface area contributed by atoms with Gasteiger partial charge in [-0.15, -0.1) is 11.3 Å². The molecule has 0 aliphatic heterocycles. The largest absolute Gasteiger partial charge is 0.301 e. The molecule has 1 atom stereocenters. The van der Waals surface area contributed by atoms with Crippen LogP contribution in [0.25, 0.3) is 0 Å². The first-order chi connectivity index (χ1) is 10.2. The number of hydrogen-bond donors (Lipinski definition) is 1. The molecular weight excluding hydrogens is 280 g/mol. The molecule has 4 nitrogen and oxygen atoms in total. The van der Waals surface area contributed by atoms with Crippen molar-refractivity contribution in [1.29, 1.82) is 0 Å². The van der Waals surface area contributed by atoms with Crippen molar-refractivity contribution >= 4 is 11.3 Å². The lowest BCUT2D eigenvalue weighted by atomic mass is 10.1. The Morgan fingerprint density at radius 1 is 1.43 bits per heavy atom. The number of aryl methyl sites for hydroxylation is 4. The van der Waals surface area contributed by atoms with Crippen LogP contribution < -0.4 is 5.32 Å². The van der Waals surface area contributed by atoms with Gasteiger partial charge in [0.05, 0.1) is 17.4 Å². The van der Waals surface area contributed by atoms with Crippen LogP contribution in [0.3, 0.4) is 0 Å². The quantitative estimate of drug-likeness (QED) is 0.923. The van der Waals surface area contributed by atoms with Gasteiger partial charge in [-0.3, -0.25) is 4.68 Å². The molecule has 2 aliphatic rings. The van der Waals surface area contributed by atoms with Crippen molar-refractivity contribution in [3.8, 4) is 0 Å². The van der Waals surface area contributed by atoms with Crippen molar-refractivity contribution in [2.45, 2.75) is 57.5 Å². The van der Waals surface area contributed by atoms with Gasteiger partial charge in [-0.2, -0.15) is 5.10 Å². The van der Waals surface area contributed by atoms with Crippen LogP contribution in [0.1, 0.15) is 59.1 Å². The van der Waals surface area contributed by atoms with E-state index in [1.54, 1.807) is 0 Å². The number of hydrogen-bond acceptors (Lipinski definition) is 4. The summed E-state index contributed by atoms with van der Waals surface area (Å²) in [5.41, 5.74) is 3.87. The van der Waals surface area contributed by atoms with E-state index < -0.39 is 0 Å². The summed E-state index contributed by atoms with van der Waals surface area (Å²) in [6.45, 7) is 2.18. The molecule has 0 spiro atoms. The van der Waals surface area contributed by atoms with Crippen LogP contribution in [-0.4, -0.2) is 20.8 Å². The van der Waals surface area contributed by atoms with E-state index in [2.05, 4.69) is 23.5 Å². The monoisotopic (exact) mass is 302 g/mol. The Labute approximate surface area is 129 Å². The van der Waals surface area contributed by atoms with E-state index in [0.29, 0.717) is 6.04 Å². The Kier molecular flexibility index (Phi) is 3.34. The minimum Gasteiger partial charge on any atom is -0.301 e. The summed E-state index contributed by atoms with van der Waals surface area (Å²) >= 11 is 1.91. The van der Waals surface area contributed by atoms with Gasteiger partial charge in [0.15, 0.2) is 0 Å². The molecule has 4 rings (SSSR count). The summed E-state index contributed by atoms with van der Waals surface area (Å²) in [5, 5.41) is 9.66. The Balaban J connectivity index is 1.72. The summed E-state index contributed by atoms with van der Waals surface area (Å²) in [6.07, 6.45) is 9.40. The van der Waals surface area contributed by atoms with Gasteiger partial charge in [-0.1, -0.05) is 6.92 Å². The van der Waals surface area contributed by atoms with Gasteiger partial charge in [0.25, 0.3) is 0 Å². The zero-order valence-corrected chi connectivity index (χ0v) is 13.5. The van der Waals surface area contributed by atoms with Crippen molar-refractivity contribution in [3.05, 3.63) is 33.0 Å². The normalized spacial score (nSPS) is 19.0. The van der Waals surface area contributed by atoms with E-state index >= 15 is 0 Å². The summed E-state index contributed by atoms with van der Waals surface area (Å²) in [7, 11) is 2.01. The molecule has 0 aromatic carbocycles. The lowest BCUT2D eigenvalue weighted by Gasteiger charge is -2.16. The number of aromatic nitrogens is 3. The Morgan fingerprint density at radius 3 is 3.00 bits per heavy atom. The van der Waals surface area contributed by atoms with Crippen molar-refractivity contribution in [3.63, 3.8) is 0 Å². The molecule has 1 N–H and O–H groups in total. The zero-order valence-electron chi connectivity index (χ0n) is 12.7. The molecule has 0 bridgehead atoms. The van der Waals surface area contributed by atoms with Crippen LogP contribution in [0.15, 0.2) is 6.20 Å². The van der Waals surface area contributed by atoms with Gasteiger partial charge in [0.2, 0.25) is 0 Å². The highest BCUT2D eigenvalue weighted by molar-refractivity contribution is 7.11. The number of fused-ring (bicyclic) bond motifs is 1. The minimum atomic E-state index is 0.233. The molecule has 2 aliphatic carbocycles. The minimum absolute atomic E-state index is 0.233. The molecule has 21 heavy (non-hydrogen) atoms. The maximum Gasteiger partial charge on any atom is 0.115 e. The molecule has 0 amide bonds.